The van der Waals surface area contributed by atoms with Crippen LogP contribution in [-0.2, 0) is 17.8 Å². The van der Waals surface area contributed by atoms with Crippen LogP contribution in [-0.4, -0.2) is 63.6 Å². The number of pyridine rings is 1. The van der Waals surface area contributed by atoms with Gasteiger partial charge in [0.05, 0.1) is 23.4 Å². The summed E-state index contributed by atoms with van der Waals surface area (Å²) in [6.07, 6.45) is 2.18. The van der Waals surface area contributed by atoms with Crippen molar-refractivity contribution in [3.8, 4) is 16.9 Å². The Morgan fingerprint density at radius 3 is 2.68 bits per heavy atom. The molecule has 1 saturated carbocycles. The van der Waals surface area contributed by atoms with E-state index in [1.807, 2.05) is 25.1 Å². The van der Waals surface area contributed by atoms with Gasteiger partial charge in [-0.3, -0.25) is 23.8 Å². The molecule has 4 aromatic rings. The number of benzene rings is 1. The predicted molar refractivity (Wildman–Crippen MR) is 164 cm³/mol. The molecule has 2 aliphatic rings. The molecule has 0 unspecified atom stereocenters. The average molecular weight is 649 g/mol. The number of fused-ring (bicyclic) bond motifs is 1. The first kappa shape index (κ1) is 30.8. The third-order valence-corrected chi connectivity index (χ3v) is 9.76. The van der Waals surface area contributed by atoms with E-state index in [1.165, 1.54) is 17.8 Å². The van der Waals surface area contributed by atoms with Crippen LogP contribution in [0.3, 0.4) is 0 Å². The maximum absolute atomic E-state index is 13.0. The number of thiophene rings is 1. The fourth-order valence-corrected chi connectivity index (χ4v) is 7.72. The summed E-state index contributed by atoms with van der Waals surface area (Å²) in [5.74, 6) is 0.740. The van der Waals surface area contributed by atoms with Crippen LogP contribution in [0, 0.1) is 6.92 Å². The monoisotopic (exact) mass is 648 g/mol. The minimum Gasteiger partial charge on any atom is -0.489 e. The number of ether oxygens (including phenoxy) is 2. The standard InChI is InChI=1S/C31H32ClF3N4O4S/c1-18-10-19(32)11-25(28(18)43-22-12-21(13-22)38-8-3-4-20(38)16-42-2)24-5-7-36-26-14-23(44-29(24)26)15-39-27(40)6-9-37(30(39)41)17-31(33,34)35/h5-7,9-11,14,20-22H,3-4,8,12-13,15-17H2,1-2H3/t20-,21?,22?/m0/s1. The number of halogens is 4. The highest BCUT2D eigenvalue weighted by Crippen LogP contribution is 2.43. The Balaban J connectivity index is 1.28. The van der Waals surface area contributed by atoms with Gasteiger partial charge < -0.3 is 9.47 Å². The van der Waals surface area contributed by atoms with Gasteiger partial charge in [0.15, 0.2) is 0 Å². The van der Waals surface area contributed by atoms with Crippen molar-refractivity contribution in [1.29, 1.82) is 0 Å². The lowest BCUT2D eigenvalue weighted by atomic mass is 9.87. The Kier molecular flexibility index (Phi) is 8.62. The molecule has 4 heterocycles. The first-order chi connectivity index (χ1) is 21.0. The van der Waals surface area contributed by atoms with Crippen molar-refractivity contribution in [2.45, 2.75) is 70.1 Å². The van der Waals surface area contributed by atoms with Crippen LogP contribution < -0.4 is 16.0 Å². The molecule has 2 fully saturated rings. The Hall–Kier alpha value is -3.19. The van der Waals surface area contributed by atoms with Crippen LogP contribution in [0.1, 0.15) is 36.1 Å². The van der Waals surface area contributed by atoms with Crippen molar-refractivity contribution in [2.24, 2.45) is 0 Å². The van der Waals surface area contributed by atoms with Crippen molar-refractivity contribution >= 4 is 33.2 Å². The van der Waals surface area contributed by atoms with Gasteiger partial charge in [-0.2, -0.15) is 13.2 Å². The van der Waals surface area contributed by atoms with Gasteiger partial charge in [0.1, 0.15) is 18.4 Å². The Labute approximate surface area is 260 Å². The second-order valence-corrected chi connectivity index (χ2v) is 13.1. The molecule has 8 nitrogen and oxygen atoms in total. The minimum atomic E-state index is -4.60. The van der Waals surface area contributed by atoms with Crippen LogP contribution in [0.5, 0.6) is 5.75 Å². The molecule has 1 aliphatic heterocycles. The fraction of sp³-hybridized carbons (Fsp3) is 0.452. The summed E-state index contributed by atoms with van der Waals surface area (Å²) in [5.41, 5.74) is 1.47. The molecule has 234 valence electrons. The topological polar surface area (TPSA) is 78.6 Å². The predicted octanol–water partition coefficient (Wildman–Crippen LogP) is 5.88. The summed E-state index contributed by atoms with van der Waals surface area (Å²) >= 11 is 7.85. The molecular formula is C31H32ClF3N4O4S. The summed E-state index contributed by atoms with van der Waals surface area (Å²) in [7, 11) is 1.75. The van der Waals surface area contributed by atoms with Crippen molar-refractivity contribution in [2.75, 3.05) is 20.3 Å². The van der Waals surface area contributed by atoms with E-state index in [9.17, 15) is 22.8 Å². The van der Waals surface area contributed by atoms with Gasteiger partial charge in [0.25, 0.3) is 5.56 Å². The van der Waals surface area contributed by atoms with Gasteiger partial charge in [-0.05, 0) is 56.1 Å². The smallest absolute Gasteiger partial charge is 0.406 e. The van der Waals surface area contributed by atoms with E-state index in [2.05, 4.69) is 9.88 Å². The highest BCUT2D eigenvalue weighted by molar-refractivity contribution is 7.19. The van der Waals surface area contributed by atoms with E-state index < -0.39 is 24.0 Å². The summed E-state index contributed by atoms with van der Waals surface area (Å²) < 4.78 is 53.1. The summed E-state index contributed by atoms with van der Waals surface area (Å²) in [6.45, 7) is 2.12. The average Bonchev–Trinajstić information content (AvgIpc) is 3.56. The normalized spacial score (nSPS) is 20.7. The van der Waals surface area contributed by atoms with Crippen molar-refractivity contribution in [1.82, 2.24) is 19.0 Å². The molecule has 1 aliphatic carbocycles. The summed E-state index contributed by atoms with van der Waals surface area (Å²) in [6, 6.07) is 9.24. The number of nitrogens with zero attached hydrogens (tertiary/aromatic N) is 4. The lowest BCUT2D eigenvalue weighted by Crippen LogP contribution is -2.51. The lowest BCUT2D eigenvalue weighted by Gasteiger charge is -2.43. The highest BCUT2D eigenvalue weighted by atomic mass is 35.5. The summed E-state index contributed by atoms with van der Waals surface area (Å²) in [4.78, 5) is 32.9. The molecule has 1 aromatic carbocycles. The zero-order chi connectivity index (χ0) is 31.2. The quantitative estimate of drug-likeness (QED) is 0.226. The first-order valence-electron chi connectivity index (χ1n) is 14.5. The molecule has 0 radical (unpaired) electrons. The SMILES string of the molecule is COC[C@@H]1CCCN1C1CC(Oc2c(C)cc(Cl)cc2-c2ccnc3cc(Cn4c(=O)ccn(CC(F)(F)F)c4=O)sc23)C1. The number of aromatic nitrogens is 3. The fourth-order valence-electron chi connectivity index (χ4n) is 6.32. The van der Waals surface area contributed by atoms with E-state index in [-0.39, 0.29) is 12.6 Å². The Bertz CT molecular complexity index is 1800. The second kappa shape index (κ2) is 12.3. The van der Waals surface area contributed by atoms with E-state index >= 15 is 0 Å². The highest BCUT2D eigenvalue weighted by Gasteiger charge is 2.40. The number of alkyl halides is 3. The van der Waals surface area contributed by atoms with Crippen LogP contribution in [0.2, 0.25) is 5.02 Å². The van der Waals surface area contributed by atoms with Crippen LogP contribution in [0.4, 0.5) is 13.2 Å². The number of methoxy groups -OCH3 is 1. The molecule has 0 spiro atoms. The molecular weight excluding hydrogens is 617 g/mol. The Morgan fingerprint density at radius 1 is 1.14 bits per heavy atom. The second-order valence-electron chi connectivity index (χ2n) is 11.5. The Morgan fingerprint density at radius 2 is 1.93 bits per heavy atom. The van der Waals surface area contributed by atoms with Crippen LogP contribution in [0.25, 0.3) is 21.3 Å². The van der Waals surface area contributed by atoms with Gasteiger partial charge in [-0.15, -0.1) is 11.3 Å². The van der Waals surface area contributed by atoms with E-state index in [4.69, 9.17) is 21.1 Å². The minimum absolute atomic E-state index is 0.0578. The maximum Gasteiger partial charge on any atom is 0.406 e. The number of rotatable bonds is 9. The molecule has 13 heteroatoms. The third-order valence-electron chi connectivity index (χ3n) is 8.40. The molecule has 0 N–H and O–H groups in total. The number of likely N-dealkylation sites (tertiary alicyclic amines) is 1. The molecule has 44 heavy (non-hydrogen) atoms. The summed E-state index contributed by atoms with van der Waals surface area (Å²) in [5, 5.41) is 0.554. The number of aryl methyl sites for hydroxylation is 1. The van der Waals surface area contributed by atoms with E-state index in [0.29, 0.717) is 32.1 Å². The van der Waals surface area contributed by atoms with Gasteiger partial charge in [-0.1, -0.05) is 11.6 Å². The maximum atomic E-state index is 13.0. The molecule has 0 bridgehead atoms. The van der Waals surface area contributed by atoms with Gasteiger partial charge in [-0.25, -0.2) is 4.79 Å². The largest absolute Gasteiger partial charge is 0.489 e. The number of hydrogen-bond donors (Lipinski definition) is 0. The van der Waals surface area contributed by atoms with E-state index in [0.717, 1.165) is 76.4 Å². The zero-order valence-electron chi connectivity index (χ0n) is 24.3. The van der Waals surface area contributed by atoms with Crippen molar-refractivity contribution < 1.29 is 22.6 Å². The molecule has 3 aromatic heterocycles. The van der Waals surface area contributed by atoms with Crippen LogP contribution >= 0.6 is 22.9 Å². The van der Waals surface area contributed by atoms with Gasteiger partial charge in [0.2, 0.25) is 0 Å². The van der Waals surface area contributed by atoms with Crippen molar-refractivity contribution in [3.05, 3.63) is 79.0 Å². The molecule has 6 rings (SSSR count). The van der Waals surface area contributed by atoms with Gasteiger partial charge >= 0.3 is 11.9 Å². The number of hydrogen-bond acceptors (Lipinski definition) is 7. The van der Waals surface area contributed by atoms with E-state index in [1.54, 1.807) is 19.4 Å². The van der Waals surface area contributed by atoms with Crippen LogP contribution in [0.15, 0.2) is 52.3 Å². The van der Waals surface area contributed by atoms with Gasteiger partial charge in [0, 0.05) is 71.5 Å². The molecule has 1 atom stereocenters. The zero-order valence-corrected chi connectivity index (χ0v) is 25.8. The third kappa shape index (κ3) is 6.30. The molecule has 0 amide bonds. The van der Waals surface area contributed by atoms with Crippen molar-refractivity contribution in [3.63, 3.8) is 0 Å². The first-order valence-corrected chi connectivity index (χ1v) is 15.7. The lowest BCUT2D eigenvalue weighted by molar-refractivity contribution is -0.141. The molecule has 1 saturated heterocycles.